The lowest BCUT2D eigenvalue weighted by atomic mass is 10.2. The van der Waals surface area contributed by atoms with E-state index in [1.165, 1.54) is 16.8 Å². The number of fused-ring (bicyclic) bond motifs is 1. The molecule has 2 aromatic rings. The topological polar surface area (TPSA) is 82.5 Å². The Morgan fingerprint density at radius 1 is 1.29 bits per heavy atom. The molecular formula is C14H13N3O4. The number of amides is 1. The highest BCUT2D eigenvalue weighted by atomic mass is 16.7. The van der Waals surface area contributed by atoms with Gasteiger partial charge in [-0.3, -0.25) is 9.59 Å². The van der Waals surface area contributed by atoms with Gasteiger partial charge in [0.2, 0.25) is 6.79 Å². The number of nitrogens with zero attached hydrogens (tertiary/aromatic N) is 2. The summed E-state index contributed by atoms with van der Waals surface area (Å²) >= 11 is 0. The summed E-state index contributed by atoms with van der Waals surface area (Å²) in [6.45, 7) is 2.37. The van der Waals surface area contributed by atoms with Crippen molar-refractivity contribution in [2.75, 3.05) is 12.1 Å². The molecule has 0 radical (unpaired) electrons. The second kappa shape index (κ2) is 5.28. The highest BCUT2D eigenvalue weighted by Gasteiger charge is 2.15. The third-order valence-electron chi connectivity index (χ3n) is 3.03. The number of carbonyl (C=O) groups excluding carboxylic acids is 1. The molecule has 1 aromatic heterocycles. The fourth-order valence-corrected chi connectivity index (χ4v) is 1.97. The molecule has 108 valence electrons. The molecule has 0 spiro atoms. The first-order valence-corrected chi connectivity index (χ1v) is 6.46. The number of hydrogen-bond acceptors (Lipinski definition) is 5. The van der Waals surface area contributed by atoms with E-state index in [2.05, 4.69) is 10.4 Å². The Labute approximate surface area is 120 Å². The molecule has 1 aliphatic heterocycles. The lowest BCUT2D eigenvalue weighted by molar-refractivity contribution is 0.102. The number of benzene rings is 1. The molecule has 0 unspecified atom stereocenters. The first-order chi connectivity index (χ1) is 10.2. The fourth-order valence-electron chi connectivity index (χ4n) is 1.97. The van der Waals surface area contributed by atoms with E-state index in [9.17, 15) is 9.59 Å². The van der Waals surface area contributed by atoms with Crippen LogP contribution < -0.4 is 20.3 Å². The Morgan fingerprint density at radius 3 is 2.90 bits per heavy atom. The Balaban J connectivity index is 1.81. The van der Waals surface area contributed by atoms with Gasteiger partial charge in [0.25, 0.3) is 11.5 Å². The minimum atomic E-state index is -0.393. The SMILES string of the molecule is CCn1nc(C(=O)Nc2ccc3c(c2)OCO3)ccc1=O. The third-order valence-corrected chi connectivity index (χ3v) is 3.03. The zero-order valence-electron chi connectivity index (χ0n) is 11.3. The highest BCUT2D eigenvalue weighted by molar-refractivity contribution is 6.02. The summed E-state index contributed by atoms with van der Waals surface area (Å²) in [6.07, 6.45) is 0. The average Bonchev–Trinajstić information content (AvgIpc) is 2.95. The summed E-state index contributed by atoms with van der Waals surface area (Å²) < 4.78 is 11.7. The smallest absolute Gasteiger partial charge is 0.276 e. The Kier molecular flexibility index (Phi) is 3.31. The van der Waals surface area contributed by atoms with Gasteiger partial charge in [-0.25, -0.2) is 4.68 Å². The van der Waals surface area contributed by atoms with Crippen molar-refractivity contribution < 1.29 is 14.3 Å². The van der Waals surface area contributed by atoms with Gasteiger partial charge in [-0.1, -0.05) is 0 Å². The molecule has 0 saturated heterocycles. The van der Waals surface area contributed by atoms with Gasteiger partial charge in [-0.05, 0) is 25.1 Å². The number of nitrogens with one attached hydrogen (secondary N) is 1. The molecule has 0 saturated carbocycles. The molecule has 0 fully saturated rings. The third kappa shape index (κ3) is 2.58. The van der Waals surface area contributed by atoms with Crippen LogP contribution in [0.5, 0.6) is 11.5 Å². The van der Waals surface area contributed by atoms with E-state index in [0.717, 1.165) is 0 Å². The second-order valence-corrected chi connectivity index (χ2v) is 4.39. The predicted molar refractivity (Wildman–Crippen MR) is 74.7 cm³/mol. The normalized spacial score (nSPS) is 12.2. The maximum atomic E-state index is 12.1. The van der Waals surface area contributed by atoms with Crippen LogP contribution in [0.4, 0.5) is 5.69 Å². The monoisotopic (exact) mass is 287 g/mol. The van der Waals surface area contributed by atoms with E-state index in [0.29, 0.717) is 23.7 Å². The van der Waals surface area contributed by atoms with E-state index in [1.54, 1.807) is 25.1 Å². The highest BCUT2D eigenvalue weighted by Crippen LogP contribution is 2.34. The predicted octanol–water partition coefficient (Wildman–Crippen LogP) is 1.24. The maximum Gasteiger partial charge on any atom is 0.276 e. The second-order valence-electron chi connectivity index (χ2n) is 4.39. The first kappa shape index (κ1) is 13.2. The van der Waals surface area contributed by atoms with Crippen LogP contribution in [0.3, 0.4) is 0 Å². The molecule has 3 rings (SSSR count). The van der Waals surface area contributed by atoms with Gasteiger partial charge in [0.1, 0.15) is 5.69 Å². The molecule has 0 aliphatic carbocycles. The van der Waals surface area contributed by atoms with Gasteiger partial charge in [0, 0.05) is 24.4 Å². The van der Waals surface area contributed by atoms with Crippen LogP contribution in [0.1, 0.15) is 17.4 Å². The van der Waals surface area contributed by atoms with Gasteiger partial charge in [-0.15, -0.1) is 0 Å². The van der Waals surface area contributed by atoms with Crippen molar-refractivity contribution in [2.24, 2.45) is 0 Å². The van der Waals surface area contributed by atoms with E-state index in [-0.39, 0.29) is 18.0 Å². The van der Waals surface area contributed by atoms with E-state index in [1.807, 2.05) is 0 Å². The van der Waals surface area contributed by atoms with Gasteiger partial charge in [0.15, 0.2) is 11.5 Å². The number of hydrogen-bond donors (Lipinski definition) is 1. The van der Waals surface area contributed by atoms with Crippen molar-refractivity contribution in [2.45, 2.75) is 13.5 Å². The number of rotatable bonds is 3. The van der Waals surface area contributed by atoms with Crippen LogP contribution in [0.25, 0.3) is 0 Å². The van der Waals surface area contributed by atoms with Crippen molar-refractivity contribution >= 4 is 11.6 Å². The molecule has 2 heterocycles. The van der Waals surface area contributed by atoms with Crippen molar-refractivity contribution in [1.82, 2.24) is 9.78 Å². The summed E-state index contributed by atoms with van der Waals surface area (Å²) in [4.78, 5) is 23.6. The molecule has 1 aliphatic rings. The van der Waals surface area contributed by atoms with E-state index in [4.69, 9.17) is 9.47 Å². The molecule has 21 heavy (non-hydrogen) atoms. The molecule has 7 heteroatoms. The minimum Gasteiger partial charge on any atom is -0.454 e. The maximum absolute atomic E-state index is 12.1. The molecule has 1 aromatic carbocycles. The molecule has 1 N–H and O–H groups in total. The lowest BCUT2D eigenvalue weighted by Gasteiger charge is -2.07. The zero-order chi connectivity index (χ0) is 14.8. The van der Waals surface area contributed by atoms with Crippen LogP contribution in [0.15, 0.2) is 35.1 Å². The van der Waals surface area contributed by atoms with Crippen LogP contribution in [0.2, 0.25) is 0 Å². The Morgan fingerprint density at radius 2 is 2.10 bits per heavy atom. The fraction of sp³-hybridized carbons (Fsp3) is 0.214. The molecular weight excluding hydrogens is 274 g/mol. The Hall–Kier alpha value is -2.83. The van der Waals surface area contributed by atoms with Crippen molar-refractivity contribution in [3.63, 3.8) is 0 Å². The summed E-state index contributed by atoms with van der Waals surface area (Å²) in [7, 11) is 0. The van der Waals surface area contributed by atoms with Gasteiger partial charge in [-0.2, -0.15) is 5.10 Å². The van der Waals surface area contributed by atoms with Crippen molar-refractivity contribution in [1.29, 1.82) is 0 Å². The number of anilines is 1. The molecule has 0 bridgehead atoms. The van der Waals surface area contributed by atoms with E-state index < -0.39 is 5.91 Å². The van der Waals surface area contributed by atoms with Gasteiger partial charge in [0.05, 0.1) is 0 Å². The molecule has 0 atom stereocenters. The summed E-state index contributed by atoms with van der Waals surface area (Å²) in [5.74, 6) is 0.834. The van der Waals surface area contributed by atoms with Crippen LogP contribution >= 0.6 is 0 Å². The first-order valence-electron chi connectivity index (χ1n) is 6.46. The standard InChI is InChI=1S/C14H13N3O4/c1-2-17-13(18)6-4-10(16-17)14(19)15-9-3-5-11-12(7-9)21-8-20-11/h3-7H,2,8H2,1H3,(H,15,19). The van der Waals surface area contributed by atoms with Crippen LogP contribution in [-0.2, 0) is 6.54 Å². The van der Waals surface area contributed by atoms with Gasteiger partial charge >= 0.3 is 0 Å². The van der Waals surface area contributed by atoms with E-state index >= 15 is 0 Å². The quantitative estimate of drug-likeness (QED) is 0.918. The van der Waals surface area contributed by atoms with Crippen molar-refractivity contribution in [3.8, 4) is 11.5 Å². The van der Waals surface area contributed by atoms with Gasteiger partial charge < -0.3 is 14.8 Å². The largest absolute Gasteiger partial charge is 0.454 e. The summed E-state index contributed by atoms with van der Waals surface area (Å²) in [5.41, 5.74) is 0.506. The lowest BCUT2D eigenvalue weighted by Crippen LogP contribution is -2.25. The average molecular weight is 287 g/mol. The Bertz CT molecular complexity index is 754. The number of carbonyl (C=O) groups is 1. The van der Waals surface area contributed by atoms with Crippen molar-refractivity contribution in [3.05, 3.63) is 46.4 Å². The van der Waals surface area contributed by atoms with Crippen LogP contribution in [-0.4, -0.2) is 22.5 Å². The number of aryl methyl sites for hydroxylation is 1. The number of ether oxygens (including phenoxy) is 2. The molecule has 7 nitrogen and oxygen atoms in total. The van der Waals surface area contributed by atoms with Crippen LogP contribution in [0, 0.1) is 0 Å². The number of aromatic nitrogens is 2. The summed E-state index contributed by atoms with van der Waals surface area (Å²) in [6, 6.07) is 7.83. The zero-order valence-corrected chi connectivity index (χ0v) is 11.3. The molecule has 1 amide bonds. The minimum absolute atomic E-state index is 0.175. The summed E-state index contributed by atoms with van der Waals surface area (Å²) in [5, 5.41) is 6.70.